The Morgan fingerprint density at radius 2 is 2.00 bits per heavy atom. The molecule has 1 aromatic carbocycles. The van der Waals surface area contributed by atoms with Crippen LogP contribution in [0.1, 0.15) is 36.4 Å². The van der Waals surface area contributed by atoms with E-state index in [1.807, 2.05) is 0 Å². The van der Waals surface area contributed by atoms with Crippen LogP contribution >= 0.6 is 15.9 Å². The van der Waals surface area contributed by atoms with Gasteiger partial charge in [0.2, 0.25) is 0 Å². The molecule has 4 heteroatoms. The minimum atomic E-state index is 0.557. The first-order chi connectivity index (χ1) is 9.12. The molecule has 0 aliphatic rings. The first kappa shape index (κ1) is 14.3. The zero-order valence-electron chi connectivity index (χ0n) is 11.7. The van der Waals surface area contributed by atoms with Crippen LogP contribution in [0, 0.1) is 6.92 Å². The Morgan fingerprint density at radius 1 is 1.26 bits per heavy atom. The molecule has 102 valence electrons. The van der Waals surface area contributed by atoms with Gasteiger partial charge in [0.25, 0.3) is 0 Å². The van der Waals surface area contributed by atoms with Gasteiger partial charge in [-0.2, -0.15) is 5.10 Å². The molecule has 2 rings (SSSR count). The van der Waals surface area contributed by atoms with Gasteiger partial charge in [-0.1, -0.05) is 29.8 Å². The highest BCUT2D eigenvalue weighted by Gasteiger charge is 2.16. The fraction of sp³-hybridized carbons (Fsp3) is 0.400. The zero-order chi connectivity index (χ0) is 14.0. The van der Waals surface area contributed by atoms with Crippen molar-refractivity contribution in [1.29, 1.82) is 0 Å². The van der Waals surface area contributed by atoms with Gasteiger partial charge in [0.15, 0.2) is 0 Å². The molecule has 0 unspecified atom stereocenters. The Kier molecular flexibility index (Phi) is 4.42. The largest absolute Gasteiger partial charge is 0.326 e. The van der Waals surface area contributed by atoms with Gasteiger partial charge in [-0.25, -0.2) is 4.68 Å². The summed E-state index contributed by atoms with van der Waals surface area (Å²) >= 11 is 3.50. The van der Waals surface area contributed by atoms with Crippen molar-refractivity contribution in [3.63, 3.8) is 0 Å². The quantitative estimate of drug-likeness (QED) is 0.936. The second-order valence-electron chi connectivity index (χ2n) is 4.63. The van der Waals surface area contributed by atoms with Crippen LogP contribution < -0.4 is 5.73 Å². The van der Waals surface area contributed by atoms with E-state index in [0.717, 1.165) is 28.7 Å². The van der Waals surface area contributed by atoms with E-state index in [9.17, 15) is 0 Å². The number of hydrogen-bond donors (Lipinski definition) is 1. The molecule has 0 saturated carbocycles. The molecule has 1 heterocycles. The highest BCUT2D eigenvalue weighted by molar-refractivity contribution is 9.10. The van der Waals surface area contributed by atoms with E-state index in [1.54, 1.807) is 0 Å². The maximum absolute atomic E-state index is 5.90. The zero-order valence-corrected chi connectivity index (χ0v) is 13.3. The Bertz CT molecular complexity index is 587. The first-order valence-electron chi connectivity index (χ1n) is 6.68. The van der Waals surface area contributed by atoms with Crippen LogP contribution in [0.15, 0.2) is 22.7 Å². The van der Waals surface area contributed by atoms with Crippen LogP contribution in [0.5, 0.6) is 0 Å². The van der Waals surface area contributed by atoms with Gasteiger partial charge in [0, 0.05) is 22.3 Å². The predicted octanol–water partition coefficient (Wildman–Crippen LogP) is 3.53. The molecule has 0 bridgehead atoms. The summed E-state index contributed by atoms with van der Waals surface area (Å²) in [5, 5.41) is 4.75. The first-order valence-corrected chi connectivity index (χ1v) is 7.47. The maximum Gasteiger partial charge on any atom is 0.0678 e. The lowest BCUT2D eigenvalue weighted by Gasteiger charge is -2.10. The Labute approximate surface area is 122 Å². The molecule has 0 radical (unpaired) electrons. The van der Waals surface area contributed by atoms with Gasteiger partial charge in [-0.05, 0) is 43.5 Å². The third-order valence-corrected chi connectivity index (χ3v) is 3.93. The highest BCUT2D eigenvalue weighted by Crippen LogP contribution is 2.24. The molecule has 0 fully saturated rings. The van der Waals surface area contributed by atoms with Crippen molar-refractivity contribution < 1.29 is 0 Å². The summed E-state index contributed by atoms with van der Waals surface area (Å²) in [7, 11) is 0. The number of aryl methyl sites for hydroxylation is 2. The summed E-state index contributed by atoms with van der Waals surface area (Å²) in [6.45, 7) is 6.94. The van der Waals surface area contributed by atoms with Crippen LogP contribution in [-0.4, -0.2) is 9.78 Å². The SMILES string of the molecule is CCc1nn(-c2ccc(Br)cc2C)c(CC)c1CN. The summed E-state index contributed by atoms with van der Waals surface area (Å²) in [4.78, 5) is 0. The van der Waals surface area contributed by atoms with Crippen molar-refractivity contribution in [3.8, 4) is 5.69 Å². The van der Waals surface area contributed by atoms with E-state index in [2.05, 4.69) is 59.6 Å². The number of aromatic nitrogens is 2. The summed E-state index contributed by atoms with van der Waals surface area (Å²) in [5.41, 5.74) is 11.8. The molecular weight excluding hydrogens is 302 g/mol. The lowest BCUT2D eigenvalue weighted by molar-refractivity contribution is 0.788. The van der Waals surface area contributed by atoms with E-state index < -0.39 is 0 Å². The van der Waals surface area contributed by atoms with Gasteiger partial charge in [-0.3, -0.25) is 0 Å². The Hall–Kier alpha value is -1.13. The number of nitrogens with two attached hydrogens (primary N) is 1. The van der Waals surface area contributed by atoms with Gasteiger partial charge in [0.05, 0.1) is 11.4 Å². The average molecular weight is 322 g/mol. The smallest absolute Gasteiger partial charge is 0.0678 e. The van der Waals surface area contributed by atoms with E-state index in [1.165, 1.54) is 16.8 Å². The number of halogens is 1. The summed E-state index contributed by atoms with van der Waals surface area (Å²) in [6, 6.07) is 6.27. The van der Waals surface area contributed by atoms with Crippen LogP contribution in [0.4, 0.5) is 0 Å². The minimum absolute atomic E-state index is 0.557. The van der Waals surface area contributed by atoms with Crippen LogP contribution in [0.2, 0.25) is 0 Å². The standard InChI is InChI=1S/C15H20BrN3/c1-4-13-12(9-17)14(5-2)19(18-13)15-7-6-11(16)8-10(15)3/h6-8H,4-5,9,17H2,1-3H3. The Balaban J connectivity index is 2.64. The minimum Gasteiger partial charge on any atom is -0.326 e. The van der Waals surface area contributed by atoms with Crippen molar-refractivity contribution in [1.82, 2.24) is 9.78 Å². The lowest BCUT2D eigenvalue weighted by atomic mass is 10.1. The molecule has 0 amide bonds. The van der Waals surface area contributed by atoms with E-state index in [0.29, 0.717) is 6.54 Å². The summed E-state index contributed by atoms with van der Waals surface area (Å²) < 4.78 is 3.15. The molecule has 0 spiro atoms. The predicted molar refractivity (Wildman–Crippen MR) is 82.6 cm³/mol. The molecule has 1 aromatic heterocycles. The summed E-state index contributed by atoms with van der Waals surface area (Å²) in [5.74, 6) is 0. The lowest BCUT2D eigenvalue weighted by Crippen LogP contribution is -2.06. The van der Waals surface area contributed by atoms with E-state index >= 15 is 0 Å². The van der Waals surface area contributed by atoms with Gasteiger partial charge >= 0.3 is 0 Å². The Morgan fingerprint density at radius 3 is 2.53 bits per heavy atom. The van der Waals surface area contributed by atoms with E-state index in [4.69, 9.17) is 10.8 Å². The van der Waals surface area contributed by atoms with Crippen molar-refractivity contribution in [2.75, 3.05) is 0 Å². The van der Waals surface area contributed by atoms with Crippen molar-refractivity contribution in [2.24, 2.45) is 5.73 Å². The van der Waals surface area contributed by atoms with Crippen LogP contribution in [0.3, 0.4) is 0 Å². The second-order valence-corrected chi connectivity index (χ2v) is 5.54. The second kappa shape index (κ2) is 5.88. The van der Waals surface area contributed by atoms with Crippen LogP contribution in [-0.2, 0) is 19.4 Å². The molecule has 0 saturated heterocycles. The molecule has 0 aliphatic carbocycles. The summed E-state index contributed by atoms with van der Waals surface area (Å²) in [6.07, 6.45) is 1.86. The number of hydrogen-bond acceptors (Lipinski definition) is 2. The molecule has 19 heavy (non-hydrogen) atoms. The molecule has 3 nitrogen and oxygen atoms in total. The highest BCUT2D eigenvalue weighted by atomic mass is 79.9. The molecule has 0 aliphatic heterocycles. The molecule has 2 N–H and O–H groups in total. The van der Waals surface area contributed by atoms with E-state index in [-0.39, 0.29) is 0 Å². The molecule has 0 atom stereocenters. The van der Waals surface area contributed by atoms with Gasteiger partial charge in [0.1, 0.15) is 0 Å². The number of benzene rings is 1. The fourth-order valence-electron chi connectivity index (χ4n) is 2.47. The van der Waals surface area contributed by atoms with Crippen molar-refractivity contribution in [3.05, 3.63) is 45.2 Å². The fourth-order valence-corrected chi connectivity index (χ4v) is 2.95. The van der Waals surface area contributed by atoms with Gasteiger partial charge in [-0.15, -0.1) is 0 Å². The van der Waals surface area contributed by atoms with Crippen LogP contribution in [0.25, 0.3) is 5.69 Å². The van der Waals surface area contributed by atoms with Gasteiger partial charge < -0.3 is 5.73 Å². The average Bonchev–Trinajstić information content (AvgIpc) is 2.76. The normalized spacial score (nSPS) is 11.0. The number of nitrogens with zero attached hydrogens (tertiary/aromatic N) is 2. The number of rotatable bonds is 4. The van der Waals surface area contributed by atoms with Crippen molar-refractivity contribution in [2.45, 2.75) is 40.2 Å². The third-order valence-electron chi connectivity index (χ3n) is 3.43. The monoisotopic (exact) mass is 321 g/mol. The topological polar surface area (TPSA) is 43.8 Å². The third kappa shape index (κ3) is 2.60. The van der Waals surface area contributed by atoms with Crippen molar-refractivity contribution >= 4 is 15.9 Å². The maximum atomic E-state index is 5.90. The molecular formula is C15H20BrN3. The molecule has 2 aromatic rings.